The van der Waals surface area contributed by atoms with Crippen LogP contribution in [-0.2, 0) is 17.6 Å². The lowest BCUT2D eigenvalue weighted by atomic mass is 10.1. The van der Waals surface area contributed by atoms with Crippen LogP contribution in [0.3, 0.4) is 0 Å². The Kier molecular flexibility index (Phi) is 3.56. The molecule has 1 aromatic rings. The quantitative estimate of drug-likeness (QED) is 0.864. The van der Waals surface area contributed by atoms with E-state index in [1.54, 1.807) is 11.3 Å². The Bertz CT molecular complexity index is 378. The van der Waals surface area contributed by atoms with Gasteiger partial charge in [-0.05, 0) is 26.4 Å². The summed E-state index contributed by atoms with van der Waals surface area (Å²) < 4.78 is 0. The third-order valence-corrected chi connectivity index (χ3v) is 3.93. The molecule has 0 aliphatic carbocycles. The lowest BCUT2D eigenvalue weighted by Crippen LogP contribution is -2.26. The van der Waals surface area contributed by atoms with Crippen LogP contribution in [0.25, 0.3) is 0 Å². The van der Waals surface area contributed by atoms with Crippen molar-refractivity contribution in [1.29, 1.82) is 0 Å². The normalized spacial score (nSPS) is 21.4. The summed E-state index contributed by atoms with van der Waals surface area (Å²) in [7, 11) is 2.14. The zero-order valence-electron chi connectivity index (χ0n) is 9.35. The van der Waals surface area contributed by atoms with E-state index in [1.165, 1.54) is 12.8 Å². The SMILES string of the molecule is CN1CCCC1Cc1nc(CC(=O)O)cs1. The van der Waals surface area contributed by atoms with E-state index in [1.807, 2.05) is 5.38 Å². The molecular formula is C11H16N2O2S. The number of likely N-dealkylation sites (tertiary alicyclic amines) is 1. The molecule has 88 valence electrons. The van der Waals surface area contributed by atoms with Crippen molar-refractivity contribution in [3.05, 3.63) is 16.1 Å². The highest BCUT2D eigenvalue weighted by atomic mass is 32.1. The molecule has 1 aliphatic heterocycles. The van der Waals surface area contributed by atoms with E-state index in [0.29, 0.717) is 11.7 Å². The third-order valence-electron chi connectivity index (χ3n) is 3.01. The zero-order valence-corrected chi connectivity index (χ0v) is 10.2. The van der Waals surface area contributed by atoms with Crippen LogP contribution in [0.15, 0.2) is 5.38 Å². The molecule has 0 bridgehead atoms. The van der Waals surface area contributed by atoms with E-state index in [-0.39, 0.29) is 6.42 Å². The molecule has 1 aromatic heterocycles. The number of carbonyl (C=O) groups is 1. The van der Waals surface area contributed by atoms with Gasteiger partial charge >= 0.3 is 5.97 Å². The standard InChI is InChI=1S/C11H16N2O2S/c1-13-4-2-3-9(13)6-10-12-8(7-16-10)5-11(14)15/h7,9H,2-6H2,1H3,(H,14,15). The molecular weight excluding hydrogens is 224 g/mol. The molecule has 0 amide bonds. The van der Waals surface area contributed by atoms with E-state index in [4.69, 9.17) is 5.11 Å². The van der Waals surface area contributed by atoms with Crippen LogP contribution in [0.5, 0.6) is 0 Å². The highest BCUT2D eigenvalue weighted by Crippen LogP contribution is 2.21. The minimum atomic E-state index is -0.810. The van der Waals surface area contributed by atoms with Gasteiger partial charge in [0.25, 0.3) is 0 Å². The Morgan fingerprint density at radius 2 is 2.56 bits per heavy atom. The zero-order chi connectivity index (χ0) is 11.5. The Balaban J connectivity index is 1.94. The Morgan fingerprint density at radius 3 is 3.19 bits per heavy atom. The summed E-state index contributed by atoms with van der Waals surface area (Å²) in [6.07, 6.45) is 3.48. The van der Waals surface area contributed by atoms with Gasteiger partial charge in [-0.25, -0.2) is 4.98 Å². The van der Waals surface area contributed by atoms with Crippen molar-refractivity contribution in [3.63, 3.8) is 0 Å². The number of carboxylic acid groups (broad SMARTS) is 1. The van der Waals surface area contributed by atoms with Gasteiger partial charge < -0.3 is 10.0 Å². The van der Waals surface area contributed by atoms with Gasteiger partial charge in [0, 0.05) is 17.8 Å². The molecule has 1 atom stereocenters. The molecule has 1 saturated heterocycles. The van der Waals surface area contributed by atoms with Crippen molar-refractivity contribution in [2.75, 3.05) is 13.6 Å². The summed E-state index contributed by atoms with van der Waals surface area (Å²) in [5, 5.41) is 11.6. The molecule has 2 rings (SSSR count). The first kappa shape index (κ1) is 11.5. The third kappa shape index (κ3) is 2.80. The number of likely N-dealkylation sites (N-methyl/N-ethyl adjacent to an activating group) is 1. The number of aliphatic carboxylic acids is 1. The fraction of sp³-hybridized carbons (Fsp3) is 0.636. The highest BCUT2D eigenvalue weighted by Gasteiger charge is 2.22. The number of nitrogens with zero attached hydrogens (tertiary/aromatic N) is 2. The number of carboxylic acids is 1. The summed E-state index contributed by atoms with van der Waals surface area (Å²) in [6.45, 7) is 1.16. The van der Waals surface area contributed by atoms with E-state index >= 15 is 0 Å². The van der Waals surface area contributed by atoms with Gasteiger partial charge in [0.15, 0.2) is 0 Å². The number of rotatable bonds is 4. The van der Waals surface area contributed by atoms with Gasteiger partial charge in [0.1, 0.15) is 0 Å². The van der Waals surface area contributed by atoms with Gasteiger partial charge in [0.05, 0.1) is 17.1 Å². The van der Waals surface area contributed by atoms with Crippen LogP contribution in [0.2, 0.25) is 0 Å². The smallest absolute Gasteiger partial charge is 0.309 e. The summed E-state index contributed by atoms with van der Waals surface area (Å²) in [5.41, 5.74) is 0.688. The summed E-state index contributed by atoms with van der Waals surface area (Å²) >= 11 is 1.58. The maximum absolute atomic E-state index is 10.5. The number of thiazole rings is 1. The predicted molar refractivity (Wildman–Crippen MR) is 62.8 cm³/mol. The molecule has 0 radical (unpaired) electrons. The summed E-state index contributed by atoms with van der Waals surface area (Å²) in [4.78, 5) is 17.2. The lowest BCUT2D eigenvalue weighted by Gasteiger charge is -2.17. The second-order valence-electron chi connectivity index (χ2n) is 4.28. The number of aromatic nitrogens is 1. The van der Waals surface area contributed by atoms with Crippen molar-refractivity contribution in [1.82, 2.24) is 9.88 Å². The molecule has 1 unspecified atom stereocenters. The molecule has 1 N–H and O–H groups in total. The molecule has 16 heavy (non-hydrogen) atoms. The fourth-order valence-corrected chi connectivity index (χ4v) is 2.98. The van der Waals surface area contributed by atoms with Crippen LogP contribution in [0, 0.1) is 0 Å². The van der Waals surface area contributed by atoms with E-state index in [9.17, 15) is 4.79 Å². The van der Waals surface area contributed by atoms with Gasteiger partial charge in [-0.3, -0.25) is 4.79 Å². The van der Waals surface area contributed by atoms with E-state index in [0.717, 1.165) is 18.0 Å². The Hall–Kier alpha value is -0.940. The maximum Gasteiger partial charge on any atom is 0.309 e. The molecule has 4 nitrogen and oxygen atoms in total. The maximum atomic E-state index is 10.5. The number of hydrogen-bond acceptors (Lipinski definition) is 4. The topological polar surface area (TPSA) is 53.4 Å². The molecule has 2 heterocycles. The molecule has 0 saturated carbocycles. The van der Waals surface area contributed by atoms with Crippen LogP contribution in [0.1, 0.15) is 23.5 Å². The van der Waals surface area contributed by atoms with Crippen molar-refractivity contribution in [2.45, 2.75) is 31.7 Å². The van der Waals surface area contributed by atoms with Crippen LogP contribution in [-0.4, -0.2) is 40.6 Å². The lowest BCUT2D eigenvalue weighted by molar-refractivity contribution is -0.136. The average Bonchev–Trinajstić information content (AvgIpc) is 2.77. The first-order chi connectivity index (χ1) is 7.65. The van der Waals surface area contributed by atoms with Gasteiger partial charge in [-0.2, -0.15) is 0 Å². The average molecular weight is 240 g/mol. The van der Waals surface area contributed by atoms with Crippen molar-refractivity contribution in [3.8, 4) is 0 Å². The van der Waals surface area contributed by atoms with Gasteiger partial charge in [0.2, 0.25) is 0 Å². The largest absolute Gasteiger partial charge is 0.481 e. The van der Waals surface area contributed by atoms with Gasteiger partial charge in [-0.15, -0.1) is 11.3 Å². The minimum Gasteiger partial charge on any atom is -0.481 e. The molecule has 1 aliphatic rings. The predicted octanol–water partition coefficient (Wildman–Crippen LogP) is 1.41. The highest BCUT2D eigenvalue weighted by molar-refractivity contribution is 7.09. The van der Waals surface area contributed by atoms with Gasteiger partial charge in [-0.1, -0.05) is 0 Å². The molecule has 5 heteroatoms. The second-order valence-corrected chi connectivity index (χ2v) is 5.23. The molecule has 1 fully saturated rings. The van der Waals surface area contributed by atoms with Crippen LogP contribution < -0.4 is 0 Å². The number of hydrogen-bond donors (Lipinski definition) is 1. The summed E-state index contributed by atoms with van der Waals surface area (Å²) in [5.74, 6) is -0.810. The molecule has 0 aromatic carbocycles. The van der Waals surface area contributed by atoms with E-state index < -0.39 is 5.97 Å². The van der Waals surface area contributed by atoms with Crippen molar-refractivity contribution in [2.24, 2.45) is 0 Å². The Morgan fingerprint density at radius 1 is 1.75 bits per heavy atom. The van der Waals surface area contributed by atoms with Crippen LogP contribution >= 0.6 is 11.3 Å². The second kappa shape index (κ2) is 4.93. The van der Waals surface area contributed by atoms with Crippen molar-refractivity contribution < 1.29 is 9.90 Å². The van der Waals surface area contributed by atoms with Crippen LogP contribution in [0.4, 0.5) is 0 Å². The van der Waals surface area contributed by atoms with E-state index in [2.05, 4.69) is 16.9 Å². The summed E-state index contributed by atoms with van der Waals surface area (Å²) in [6, 6.07) is 0.587. The minimum absolute atomic E-state index is 0.0387. The Labute approximate surface area is 98.9 Å². The first-order valence-corrected chi connectivity index (χ1v) is 6.38. The molecule has 0 spiro atoms. The fourth-order valence-electron chi connectivity index (χ4n) is 2.12. The first-order valence-electron chi connectivity index (χ1n) is 5.50. The van der Waals surface area contributed by atoms with Crippen molar-refractivity contribution >= 4 is 17.3 Å². The monoisotopic (exact) mass is 240 g/mol.